The molecule has 0 spiro atoms. The highest BCUT2D eigenvalue weighted by atomic mass is 32.1. The third-order valence-corrected chi connectivity index (χ3v) is 3.99. The van der Waals surface area contributed by atoms with Crippen LogP contribution in [0.15, 0.2) is 28.4 Å². The van der Waals surface area contributed by atoms with Gasteiger partial charge in [-0.25, -0.2) is 14.6 Å². The van der Waals surface area contributed by atoms with Gasteiger partial charge in [-0.05, 0) is 12.1 Å². The molecule has 0 unspecified atom stereocenters. The quantitative estimate of drug-likeness (QED) is 0.715. The molecular formula is C14H12N4O5S. The fraction of sp³-hybridized carbons (Fsp3) is 0.143. The number of hydrogen-bond donors (Lipinski definition) is 2. The lowest BCUT2D eigenvalue weighted by Gasteiger charge is -2.08. The Morgan fingerprint density at radius 2 is 2.12 bits per heavy atom. The van der Waals surface area contributed by atoms with Gasteiger partial charge in [-0.2, -0.15) is 4.68 Å². The Morgan fingerprint density at radius 3 is 2.75 bits per heavy atom. The average molecular weight is 348 g/mol. The average Bonchev–Trinajstić information content (AvgIpc) is 3.20. The summed E-state index contributed by atoms with van der Waals surface area (Å²) in [5.41, 5.74) is 0.610. The molecule has 124 valence electrons. The van der Waals surface area contributed by atoms with E-state index < -0.39 is 17.5 Å². The Morgan fingerprint density at radius 1 is 1.33 bits per heavy atom. The zero-order chi connectivity index (χ0) is 17.3. The van der Waals surface area contributed by atoms with E-state index in [9.17, 15) is 9.59 Å². The molecular weight excluding hydrogens is 336 g/mol. The number of methoxy groups -OCH3 is 2. The normalized spacial score (nSPS) is 10.6. The summed E-state index contributed by atoms with van der Waals surface area (Å²) >= 11 is 1.16. The zero-order valence-electron chi connectivity index (χ0n) is 12.6. The summed E-state index contributed by atoms with van der Waals surface area (Å²) in [6, 6.07) is 5.27. The van der Waals surface area contributed by atoms with Gasteiger partial charge in [0.2, 0.25) is 11.0 Å². The molecule has 0 saturated heterocycles. The van der Waals surface area contributed by atoms with Crippen molar-refractivity contribution in [1.82, 2.24) is 19.7 Å². The third kappa shape index (κ3) is 2.74. The van der Waals surface area contributed by atoms with E-state index in [2.05, 4.69) is 15.1 Å². The molecule has 1 aromatic carbocycles. The number of aromatic amines is 1. The predicted octanol–water partition coefficient (Wildman–Crippen LogP) is 1.40. The third-order valence-electron chi connectivity index (χ3n) is 3.18. The molecule has 2 N–H and O–H groups in total. The Bertz CT molecular complexity index is 958. The second kappa shape index (κ2) is 6.16. The number of nitrogens with zero attached hydrogens (tertiary/aromatic N) is 3. The summed E-state index contributed by atoms with van der Waals surface area (Å²) in [7, 11) is 3.09. The van der Waals surface area contributed by atoms with Gasteiger partial charge < -0.3 is 14.6 Å². The van der Waals surface area contributed by atoms with Crippen molar-refractivity contribution >= 4 is 17.3 Å². The lowest BCUT2D eigenvalue weighted by atomic mass is 10.1. The van der Waals surface area contributed by atoms with Gasteiger partial charge in [0.15, 0.2) is 0 Å². The van der Waals surface area contributed by atoms with Crippen LogP contribution in [0.5, 0.6) is 11.5 Å². The Hall–Kier alpha value is -3.14. The second-order valence-electron chi connectivity index (χ2n) is 4.58. The largest absolute Gasteiger partial charge is 0.497 e. The molecule has 2 aromatic heterocycles. The number of ether oxygens (including phenoxy) is 2. The predicted molar refractivity (Wildman–Crippen MR) is 85.4 cm³/mol. The van der Waals surface area contributed by atoms with E-state index in [4.69, 9.17) is 14.6 Å². The van der Waals surface area contributed by atoms with E-state index in [-0.39, 0.29) is 5.13 Å². The number of hydrogen-bond acceptors (Lipinski definition) is 7. The number of carboxylic acid groups (broad SMARTS) is 1. The molecule has 24 heavy (non-hydrogen) atoms. The lowest BCUT2D eigenvalue weighted by molar-refractivity contribution is 0.0683. The molecule has 3 aromatic rings. The van der Waals surface area contributed by atoms with Crippen LogP contribution in [0.2, 0.25) is 0 Å². The van der Waals surface area contributed by atoms with Crippen molar-refractivity contribution in [3.05, 3.63) is 39.9 Å². The van der Waals surface area contributed by atoms with Gasteiger partial charge in [0, 0.05) is 17.0 Å². The summed E-state index contributed by atoms with van der Waals surface area (Å²) in [4.78, 5) is 29.2. The molecule has 0 bridgehead atoms. The minimum absolute atomic E-state index is 0.247. The molecule has 0 aliphatic heterocycles. The van der Waals surface area contributed by atoms with Gasteiger partial charge in [-0.15, -0.1) is 16.4 Å². The highest BCUT2D eigenvalue weighted by molar-refractivity contribution is 7.12. The van der Waals surface area contributed by atoms with Crippen LogP contribution in [0, 0.1) is 0 Å². The van der Waals surface area contributed by atoms with Crippen molar-refractivity contribution in [2.24, 2.45) is 0 Å². The van der Waals surface area contributed by atoms with E-state index in [0.29, 0.717) is 22.8 Å². The summed E-state index contributed by atoms with van der Waals surface area (Å²) < 4.78 is 11.4. The summed E-state index contributed by atoms with van der Waals surface area (Å²) in [5.74, 6) is -0.564. The van der Waals surface area contributed by atoms with Crippen molar-refractivity contribution in [3.8, 4) is 27.9 Å². The van der Waals surface area contributed by atoms with E-state index in [1.165, 1.54) is 7.11 Å². The molecule has 10 heteroatoms. The second-order valence-corrected chi connectivity index (χ2v) is 5.41. The molecule has 0 amide bonds. The molecule has 0 radical (unpaired) electrons. The number of benzene rings is 1. The number of rotatable bonds is 5. The van der Waals surface area contributed by atoms with Crippen LogP contribution in [0.1, 0.15) is 10.6 Å². The van der Waals surface area contributed by atoms with Crippen molar-refractivity contribution in [3.63, 3.8) is 0 Å². The molecule has 0 saturated carbocycles. The molecule has 3 rings (SSSR count). The first-order chi connectivity index (χ1) is 11.5. The topological polar surface area (TPSA) is 119 Å². The van der Waals surface area contributed by atoms with Crippen LogP contribution in [-0.4, -0.2) is 45.0 Å². The lowest BCUT2D eigenvalue weighted by Crippen LogP contribution is -2.15. The maximum Gasteiger partial charge on any atom is 0.373 e. The van der Waals surface area contributed by atoms with Crippen LogP contribution < -0.4 is 15.2 Å². The summed E-state index contributed by atoms with van der Waals surface area (Å²) in [6.07, 6.45) is 0. The first kappa shape index (κ1) is 15.7. The van der Waals surface area contributed by atoms with Crippen molar-refractivity contribution < 1.29 is 19.4 Å². The van der Waals surface area contributed by atoms with Crippen molar-refractivity contribution in [1.29, 1.82) is 0 Å². The van der Waals surface area contributed by atoms with Crippen LogP contribution >= 0.6 is 11.3 Å². The number of carboxylic acids is 1. The van der Waals surface area contributed by atoms with E-state index in [1.54, 1.807) is 30.7 Å². The number of H-pyrrole nitrogens is 1. The molecule has 0 aliphatic carbocycles. The van der Waals surface area contributed by atoms with Crippen molar-refractivity contribution in [2.75, 3.05) is 14.2 Å². The van der Waals surface area contributed by atoms with Gasteiger partial charge in [-0.1, -0.05) is 0 Å². The standard InChI is InChI=1S/C14H12N4O5S/c1-22-7-3-4-8(10(5-7)23-2)9-6-24-14(15-9)18-13(21)16-11(17-18)12(19)20/h3-6H,1-2H3,(H,19,20)(H,16,17,21). The van der Waals surface area contributed by atoms with E-state index in [1.807, 2.05) is 0 Å². The Balaban J connectivity index is 2.03. The molecule has 0 aliphatic rings. The van der Waals surface area contributed by atoms with Gasteiger partial charge in [0.25, 0.3) is 0 Å². The van der Waals surface area contributed by atoms with Crippen molar-refractivity contribution in [2.45, 2.75) is 0 Å². The molecule has 0 atom stereocenters. The Kier molecular flexibility index (Phi) is 4.04. The van der Waals surface area contributed by atoms with Crippen LogP contribution in [0.25, 0.3) is 16.4 Å². The van der Waals surface area contributed by atoms with E-state index >= 15 is 0 Å². The zero-order valence-corrected chi connectivity index (χ0v) is 13.5. The SMILES string of the molecule is COc1ccc(-c2csc(-n3nc(C(=O)O)[nH]c3=O)n2)c(OC)c1. The maximum absolute atomic E-state index is 11.8. The number of carbonyl (C=O) groups is 1. The summed E-state index contributed by atoms with van der Waals surface area (Å²) in [6.45, 7) is 0. The smallest absolute Gasteiger partial charge is 0.373 e. The van der Waals surface area contributed by atoms with Gasteiger partial charge >= 0.3 is 11.7 Å². The minimum Gasteiger partial charge on any atom is -0.497 e. The maximum atomic E-state index is 11.8. The fourth-order valence-corrected chi connectivity index (χ4v) is 2.82. The number of aromatic carboxylic acids is 1. The summed E-state index contributed by atoms with van der Waals surface area (Å²) in [5, 5.41) is 14.6. The van der Waals surface area contributed by atoms with Crippen LogP contribution in [0.4, 0.5) is 0 Å². The highest BCUT2D eigenvalue weighted by Gasteiger charge is 2.17. The molecule has 9 nitrogen and oxygen atoms in total. The highest BCUT2D eigenvalue weighted by Crippen LogP contribution is 2.34. The molecule has 0 fully saturated rings. The van der Waals surface area contributed by atoms with Gasteiger partial charge in [0.1, 0.15) is 11.5 Å². The fourth-order valence-electron chi connectivity index (χ4n) is 2.05. The van der Waals surface area contributed by atoms with E-state index in [0.717, 1.165) is 16.0 Å². The molecule has 2 heterocycles. The number of aromatic nitrogens is 4. The number of nitrogens with one attached hydrogen (secondary N) is 1. The minimum atomic E-state index is -1.32. The van der Waals surface area contributed by atoms with Gasteiger partial charge in [-0.3, -0.25) is 4.98 Å². The first-order valence-electron chi connectivity index (χ1n) is 6.64. The number of thiazole rings is 1. The first-order valence-corrected chi connectivity index (χ1v) is 7.52. The van der Waals surface area contributed by atoms with Crippen LogP contribution in [0.3, 0.4) is 0 Å². The van der Waals surface area contributed by atoms with Crippen LogP contribution in [-0.2, 0) is 0 Å². The Labute approximate surface area is 139 Å². The van der Waals surface area contributed by atoms with Gasteiger partial charge in [0.05, 0.1) is 19.9 Å². The monoisotopic (exact) mass is 348 g/mol.